The summed E-state index contributed by atoms with van der Waals surface area (Å²) < 4.78 is 4.84. The van der Waals surface area contributed by atoms with Gasteiger partial charge >= 0.3 is 5.97 Å². The number of methoxy groups -OCH3 is 1. The SMILES string of the molecule is COCCN1C(=O)C=C(Nc2ccc(C(=O)O)cc2)C1=O. The van der Waals surface area contributed by atoms with Gasteiger partial charge in [0.15, 0.2) is 0 Å². The fraction of sp³-hybridized carbons (Fsp3) is 0.214. The van der Waals surface area contributed by atoms with Gasteiger partial charge in [0, 0.05) is 18.9 Å². The quantitative estimate of drug-likeness (QED) is 0.749. The summed E-state index contributed by atoms with van der Waals surface area (Å²) in [5.41, 5.74) is 0.824. The molecule has 1 aliphatic rings. The smallest absolute Gasteiger partial charge is 0.335 e. The Morgan fingerprint density at radius 1 is 1.29 bits per heavy atom. The van der Waals surface area contributed by atoms with Crippen molar-refractivity contribution in [2.75, 3.05) is 25.6 Å². The molecule has 0 saturated heterocycles. The van der Waals surface area contributed by atoms with Crippen molar-refractivity contribution < 1.29 is 24.2 Å². The van der Waals surface area contributed by atoms with Gasteiger partial charge in [-0.3, -0.25) is 14.5 Å². The largest absolute Gasteiger partial charge is 0.478 e. The number of nitrogens with one attached hydrogen (secondary N) is 1. The van der Waals surface area contributed by atoms with E-state index >= 15 is 0 Å². The molecule has 0 aromatic heterocycles. The maximum absolute atomic E-state index is 12.0. The summed E-state index contributed by atoms with van der Waals surface area (Å²) in [6.45, 7) is 0.458. The Hall–Kier alpha value is -2.67. The number of rotatable bonds is 6. The van der Waals surface area contributed by atoms with Gasteiger partial charge in [0.1, 0.15) is 5.70 Å². The first-order valence-electron chi connectivity index (χ1n) is 6.20. The topological polar surface area (TPSA) is 95.9 Å². The van der Waals surface area contributed by atoms with Crippen LogP contribution in [-0.2, 0) is 14.3 Å². The van der Waals surface area contributed by atoms with Crippen LogP contribution in [0.2, 0.25) is 0 Å². The van der Waals surface area contributed by atoms with Gasteiger partial charge < -0.3 is 15.2 Å². The van der Waals surface area contributed by atoms with Crippen molar-refractivity contribution in [3.63, 3.8) is 0 Å². The molecule has 0 spiro atoms. The molecule has 1 aliphatic heterocycles. The van der Waals surface area contributed by atoms with E-state index in [1.54, 1.807) is 0 Å². The van der Waals surface area contributed by atoms with Crippen molar-refractivity contribution in [3.8, 4) is 0 Å². The number of ether oxygens (including phenoxy) is 1. The molecule has 7 heteroatoms. The summed E-state index contributed by atoms with van der Waals surface area (Å²) in [6, 6.07) is 5.88. The van der Waals surface area contributed by atoms with Gasteiger partial charge in [-0.25, -0.2) is 4.79 Å². The van der Waals surface area contributed by atoms with Crippen molar-refractivity contribution in [2.45, 2.75) is 0 Å². The number of amides is 2. The number of carboxylic acid groups (broad SMARTS) is 1. The molecule has 1 heterocycles. The van der Waals surface area contributed by atoms with E-state index in [-0.39, 0.29) is 24.4 Å². The molecule has 21 heavy (non-hydrogen) atoms. The van der Waals surface area contributed by atoms with Crippen LogP contribution in [-0.4, -0.2) is 48.1 Å². The van der Waals surface area contributed by atoms with E-state index in [0.29, 0.717) is 5.69 Å². The van der Waals surface area contributed by atoms with Crippen LogP contribution in [0.3, 0.4) is 0 Å². The monoisotopic (exact) mass is 290 g/mol. The number of benzene rings is 1. The van der Waals surface area contributed by atoms with Gasteiger partial charge in [-0.2, -0.15) is 0 Å². The van der Waals surface area contributed by atoms with Crippen LogP contribution >= 0.6 is 0 Å². The molecular weight excluding hydrogens is 276 g/mol. The van der Waals surface area contributed by atoms with Crippen LogP contribution in [0.4, 0.5) is 5.69 Å². The first-order chi connectivity index (χ1) is 10.0. The number of aromatic carboxylic acids is 1. The Labute approximate surface area is 120 Å². The second-order valence-electron chi connectivity index (χ2n) is 4.35. The summed E-state index contributed by atoms with van der Waals surface area (Å²) in [5, 5.41) is 11.6. The zero-order chi connectivity index (χ0) is 15.4. The molecule has 1 aromatic carbocycles. The lowest BCUT2D eigenvalue weighted by Crippen LogP contribution is -2.34. The van der Waals surface area contributed by atoms with Crippen molar-refractivity contribution in [1.29, 1.82) is 0 Å². The summed E-state index contributed by atoms with van der Waals surface area (Å²) >= 11 is 0. The molecule has 2 amide bonds. The number of anilines is 1. The summed E-state index contributed by atoms with van der Waals surface area (Å²) in [6.07, 6.45) is 1.21. The van der Waals surface area contributed by atoms with E-state index in [1.165, 1.54) is 37.5 Å². The Kier molecular flexibility index (Phi) is 4.34. The first-order valence-corrected chi connectivity index (χ1v) is 6.20. The fourth-order valence-corrected chi connectivity index (χ4v) is 1.84. The zero-order valence-corrected chi connectivity index (χ0v) is 11.3. The summed E-state index contributed by atoms with van der Waals surface area (Å²) in [5.74, 6) is -1.86. The first kappa shape index (κ1) is 14.7. The average Bonchev–Trinajstić information content (AvgIpc) is 2.72. The molecule has 0 unspecified atom stereocenters. The third-order valence-corrected chi connectivity index (χ3v) is 2.94. The highest BCUT2D eigenvalue weighted by Crippen LogP contribution is 2.17. The normalized spacial score (nSPS) is 14.3. The van der Waals surface area contributed by atoms with Gasteiger partial charge in [0.25, 0.3) is 11.8 Å². The van der Waals surface area contributed by atoms with E-state index in [4.69, 9.17) is 9.84 Å². The molecular formula is C14H14N2O5. The van der Waals surface area contributed by atoms with Crippen molar-refractivity contribution >= 4 is 23.5 Å². The second kappa shape index (κ2) is 6.19. The maximum Gasteiger partial charge on any atom is 0.335 e. The van der Waals surface area contributed by atoms with E-state index < -0.39 is 17.8 Å². The fourth-order valence-electron chi connectivity index (χ4n) is 1.84. The summed E-state index contributed by atoms with van der Waals surface area (Å²) in [4.78, 5) is 35.5. The third-order valence-electron chi connectivity index (χ3n) is 2.94. The number of carboxylic acids is 1. The molecule has 0 atom stereocenters. The minimum absolute atomic E-state index is 0.144. The number of hydrogen-bond donors (Lipinski definition) is 2. The number of carbonyl (C=O) groups excluding carboxylic acids is 2. The summed E-state index contributed by atoms with van der Waals surface area (Å²) in [7, 11) is 1.49. The minimum Gasteiger partial charge on any atom is -0.478 e. The Balaban J connectivity index is 2.06. The Bertz CT molecular complexity index is 606. The van der Waals surface area contributed by atoms with Gasteiger partial charge in [-0.1, -0.05) is 0 Å². The van der Waals surface area contributed by atoms with Crippen molar-refractivity contribution in [1.82, 2.24) is 4.90 Å². The van der Waals surface area contributed by atoms with Crippen LogP contribution in [0.1, 0.15) is 10.4 Å². The van der Waals surface area contributed by atoms with Gasteiger partial charge in [0.05, 0.1) is 18.7 Å². The molecule has 0 radical (unpaired) electrons. The van der Waals surface area contributed by atoms with Crippen LogP contribution in [0, 0.1) is 0 Å². The molecule has 0 aliphatic carbocycles. The molecule has 0 fully saturated rings. The van der Waals surface area contributed by atoms with Crippen molar-refractivity contribution in [2.24, 2.45) is 0 Å². The lowest BCUT2D eigenvalue weighted by Gasteiger charge is -2.14. The zero-order valence-electron chi connectivity index (χ0n) is 11.3. The molecule has 110 valence electrons. The van der Waals surface area contributed by atoms with Crippen molar-refractivity contribution in [3.05, 3.63) is 41.6 Å². The number of imide groups is 1. The second-order valence-corrected chi connectivity index (χ2v) is 4.35. The van der Waals surface area contributed by atoms with Crippen LogP contribution < -0.4 is 5.32 Å². The molecule has 2 N–H and O–H groups in total. The maximum atomic E-state index is 12.0. The Morgan fingerprint density at radius 3 is 2.52 bits per heavy atom. The van der Waals surface area contributed by atoms with Gasteiger partial charge in [-0.15, -0.1) is 0 Å². The standard InChI is InChI=1S/C14H14N2O5/c1-21-7-6-16-12(17)8-11(13(16)18)15-10-4-2-9(3-5-10)14(19)20/h2-5,8,15H,6-7H2,1H3,(H,19,20). The highest BCUT2D eigenvalue weighted by atomic mass is 16.5. The highest BCUT2D eigenvalue weighted by molar-refractivity contribution is 6.17. The molecule has 0 bridgehead atoms. The average molecular weight is 290 g/mol. The van der Waals surface area contributed by atoms with E-state index in [0.717, 1.165) is 4.90 Å². The van der Waals surface area contributed by atoms with E-state index in [1.807, 2.05) is 0 Å². The molecule has 7 nitrogen and oxygen atoms in total. The minimum atomic E-state index is -1.03. The number of carbonyl (C=O) groups is 3. The lowest BCUT2D eigenvalue weighted by atomic mass is 10.2. The van der Waals surface area contributed by atoms with E-state index in [9.17, 15) is 14.4 Å². The lowest BCUT2D eigenvalue weighted by molar-refractivity contribution is -0.137. The molecule has 2 rings (SSSR count). The van der Waals surface area contributed by atoms with Gasteiger partial charge in [-0.05, 0) is 24.3 Å². The predicted octanol–water partition coefficient (Wildman–Crippen LogP) is 0.696. The highest BCUT2D eigenvalue weighted by Gasteiger charge is 2.30. The molecule has 0 saturated carbocycles. The molecule has 1 aromatic rings. The van der Waals surface area contributed by atoms with E-state index in [2.05, 4.69) is 5.32 Å². The van der Waals surface area contributed by atoms with Gasteiger partial charge in [0.2, 0.25) is 0 Å². The van der Waals surface area contributed by atoms with Crippen LogP contribution in [0.25, 0.3) is 0 Å². The Morgan fingerprint density at radius 2 is 1.95 bits per heavy atom. The number of nitrogens with zero attached hydrogens (tertiary/aromatic N) is 1. The van der Waals surface area contributed by atoms with Crippen LogP contribution in [0.5, 0.6) is 0 Å². The van der Waals surface area contributed by atoms with Crippen LogP contribution in [0.15, 0.2) is 36.0 Å². The number of hydrogen-bond acceptors (Lipinski definition) is 5. The predicted molar refractivity (Wildman–Crippen MR) is 73.7 cm³/mol. The third kappa shape index (κ3) is 3.26.